The second-order valence-electron chi connectivity index (χ2n) is 1.95. The topological polar surface area (TPSA) is 67.0 Å². The average Bonchev–Trinajstić information content (AvgIpc) is 1.83. The van der Waals surface area contributed by atoms with Crippen LogP contribution in [-0.2, 0) is 9.05 Å². The second-order valence-corrected chi connectivity index (χ2v) is 5.64. The first-order valence-corrected chi connectivity index (χ1v) is 6.13. The van der Waals surface area contributed by atoms with Crippen molar-refractivity contribution >= 4 is 42.3 Å². The van der Waals surface area contributed by atoms with Gasteiger partial charge < -0.3 is 4.98 Å². The highest BCUT2D eigenvalue weighted by Gasteiger charge is 2.13. The van der Waals surface area contributed by atoms with Crippen molar-refractivity contribution in [3.63, 3.8) is 0 Å². The smallest absolute Gasteiger partial charge is 0.263 e. The first kappa shape index (κ1) is 10.0. The largest absolute Gasteiger partial charge is 0.328 e. The van der Waals surface area contributed by atoms with Crippen LogP contribution in [0.3, 0.4) is 0 Å². The van der Waals surface area contributed by atoms with Gasteiger partial charge in [-0.3, -0.25) is 4.79 Å². The highest BCUT2D eigenvalue weighted by molar-refractivity contribution is 14.1. The van der Waals surface area contributed by atoms with E-state index in [-0.39, 0.29) is 10.5 Å². The Balaban J connectivity index is 3.49. The van der Waals surface area contributed by atoms with E-state index in [9.17, 15) is 13.2 Å². The molecule has 1 N–H and O–H groups in total. The molecule has 1 rings (SSSR count). The van der Waals surface area contributed by atoms with Crippen LogP contribution in [0, 0.1) is 3.57 Å². The summed E-state index contributed by atoms with van der Waals surface area (Å²) in [7, 11) is 1.31. The summed E-state index contributed by atoms with van der Waals surface area (Å²) in [5.41, 5.74) is -0.358. The van der Waals surface area contributed by atoms with Gasteiger partial charge in [0.05, 0.1) is 0 Å². The molecule has 1 aromatic rings. The molecule has 0 unspecified atom stereocenters. The standard InChI is InChI=1S/C5H3ClINO3S/c6-12(10,11)4-2-8-5(9)1-3(4)7/h1-2H,(H,8,9). The van der Waals surface area contributed by atoms with E-state index in [0.29, 0.717) is 3.57 Å². The lowest BCUT2D eigenvalue weighted by molar-refractivity contribution is 0.608. The minimum Gasteiger partial charge on any atom is -0.328 e. The van der Waals surface area contributed by atoms with Crippen LogP contribution in [0.25, 0.3) is 0 Å². The van der Waals surface area contributed by atoms with Gasteiger partial charge in [0, 0.05) is 26.5 Å². The molecule has 66 valence electrons. The number of pyridine rings is 1. The van der Waals surface area contributed by atoms with Gasteiger partial charge >= 0.3 is 0 Å². The van der Waals surface area contributed by atoms with Crippen molar-refractivity contribution in [1.29, 1.82) is 0 Å². The lowest BCUT2D eigenvalue weighted by atomic mass is 10.5. The molecule has 0 fully saturated rings. The van der Waals surface area contributed by atoms with E-state index in [1.165, 1.54) is 0 Å². The summed E-state index contributed by atoms with van der Waals surface area (Å²) in [6.45, 7) is 0. The number of aromatic amines is 1. The van der Waals surface area contributed by atoms with Gasteiger partial charge in [0.2, 0.25) is 5.56 Å². The van der Waals surface area contributed by atoms with E-state index in [4.69, 9.17) is 10.7 Å². The predicted octanol–water partition coefficient (Wildman–Crippen LogP) is 0.907. The normalized spacial score (nSPS) is 11.5. The highest BCUT2D eigenvalue weighted by Crippen LogP contribution is 2.18. The fourth-order valence-corrected chi connectivity index (χ4v) is 3.19. The van der Waals surface area contributed by atoms with E-state index < -0.39 is 9.05 Å². The second kappa shape index (κ2) is 3.35. The van der Waals surface area contributed by atoms with Gasteiger partial charge in [-0.25, -0.2) is 8.42 Å². The Morgan fingerprint density at radius 1 is 1.50 bits per heavy atom. The van der Waals surface area contributed by atoms with E-state index in [2.05, 4.69) is 4.98 Å². The lowest BCUT2D eigenvalue weighted by Gasteiger charge is -1.96. The maximum atomic E-state index is 10.8. The van der Waals surface area contributed by atoms with Crippen LogP contribution < -0.4 is 5.56 Å². The van der Waals surface area contributed by atoms with Gasteiger partial charge in [-0.2, -0.15) is 0 Å². The van der Waals surface area contributed by atoms with E-state index in [0.717, 1.165) is 12.3 Å². The molecule has 0 aliphatic carbocycles. The molecule has 0 radical (unpaired) electrons. The minimum absolute atomic E-state index is 0.0793. The fourth-order valence-electron chi connectivity index (χ4n) is 0.620. The Morgan fingerprint density at radius 3 is 2.50 bits per heavy atom. The maximum Gasteiger partial charge on any atom is 0.263 e. The van der Waals surface area contributed by atoms with Crippen molar-refractivity contribution < 1.29 is 8.42 Å². The summed E-state index contributed by atoms with van der Waals surface area (Å²) >= 11 is 1.73. The first-order valence-electron chi connectivity index (χ1n) is 2.74. The van der Waals surface area contributed by atoms with Gasteiger partial charge in [0.15, 0.2) is 0 Å². The van der Waals surface area contributed by atoms with Crippen molar-refractivity contribution in [2.75, 3.05) is 0 Å². The van der Waals surface area contributed by atoms with Crippen LogP contribution in [0.5, 0.6) is 0 Å². The number of H-pyrrole nitrogens is 1. The van der Waals surface area contributed by atoms with Crippen molar-refractivity contribution in [3.8, 4) is 0 Å². The SMILES string of the molecule is O=c1cc(I)c(S(=O)(=O)Cl)c[nH]1. The molecule has 12 heavy (non-hydrogen) atoms. The quantitative estimate of drug-likeness (QED) is 0.618. The van der Waals surface area contributed by atoms with Gasteiger partial charge in [0.1, 0.15) is 4.90 Å². The van der Waals surface area contributed by atoms with Crippen LogP contribution in [0.1, 0.15) is 0 Å². The average molecular weight is 320 g/mol. The molecule has 0 saturated heterocycles. The molecule has 7 heteroatoms. The molecule has 0 bridgehead atoms. The molecule has 0 aliphatic rings. The number of nitrogens with one attached hydrogen (secondary N) is 1. The molecule has 0 saturated carbocycles. The maximum absolute atomic E-state index is 10.8. The summed E-state index contributed by atoms with van der Waals surface area (Å²) in [5.74, 6) is 0. The van der Waals surface area contributed by atoms with Crippen LogP contribution in [-0.4, -0.2) is 13.4 Å². The van der Waals surface area contributed by atoms with Crippen molar-refractivity contribution in [2.24, 2.45) is 0 Å². The molecule has 1 aromatic heterocycles. The van der Waals surface area contributed by atoms with E-state index >= 15 is 0 Å². The van der Waals surface area contributed by atoms with Crippen molar-refractivity contribution in [1.82, 2.24) is 4.98 Å². The summed E-state index contributed by atoms with van der Waals surface area (Å²) in [6.07, 6.45) is 1.08. The first-order chi connectivity index (χ1) is 5.41. The van der Waals surface area contributed by atoms with E-state index in [1.807, 2.05) is 0 Å². The molecule has 0 atom stereocenters. The third-order valence-corrected chi connectivity index (χ3v) is 3.72. The monoisotopic (exact) mass is 319 g/mol. The molecular weight excluding hydrogens is 316 g/mol. The van der Waals surface area contributed by atoms with Crippen molar-refractivity contribution in [2.45, 2.75) is 4.90 Å². The Hall–Kier alpha value is -0.0800. The van der Waals surface area contributed by atoms with Crippen LogP contribution in [0.15, 0.2) is 22.0 Å². The summed E-state index contributed by atoms with van der Waals surface area (Å²) in [4.78, 5) is 12.8. The third-order valence-electron chi connectivity index (χ3n) is 1.10. The predicted molar refractivity (Wildman–Crippen MR) is 52.8 cm³/mol. The van der Waals surface area contributed by atoms with Gasteiger partial charge in [-0.1, -0.05) is 0 Å². The zero-order chi connectivity index (χ0) is 9.35. The summed E-state index contributed by atoms with van der Waals surface area (Å²) in [5, 5.41) is 0. The molecule has 4 nitrogen and oxygen atoms in total. The Labute approximate surface area is 86.5 Å². The molecule has 1 heterocycles. The van der Waals surface area contributed by atoms with Crippen LogP contribution in [0.2, 0.25) is 0 Å². The Morgan fingerprint density at radius 2 is 2.08 bits per heavy atom. The summed E-state index contributed by atoms with van der Waals surface area (Å²) in [6, 6.07) is 1.16. The Bertz CT molecular complexity index is 452. The molecular formula is C5H3ClINO3S. The lowest BCUT2D eigenvalue weighted by Crippen LogP contribution is -2.07. The molecule has 0 aliphatic heterocycles. The fraction of sp³-hybridized carbons (Fsp3) is 0. The highest BCUT2D eigenvalue weighted by atomic mass is 127. The minimum atomic E-state index is -3.76. The number of rotatable bonds is 1. The van der Waals surface area contributed by atoms with Gasteiger partial charge in [-0.15, -0.1) is 0 Å². The van der Waals surface area contributed by atoms with Crippen LogP contribution >= 0.6 is 33.3 Å². The zero-order valence-electron chi connectivity index (χ0n) is 5.54. The molecule has 0 spiro atoms. The van der Waals surface area contributed by atoms with Gasteiger partial charge in [-0.05, 0) is 22.6 Å². The van der Waals surface area contributed by atoms with Crippen LogP contribution in [0.4, 0.5) is 0 Å². The van der Waals surface area contributed by atoms with E-state index in [1.54, 1.807) is 22.6 Å². The number of hydrogen-bond acceptors (Lipinski definition) is 3. The Kier molecular flexibility index (Phi) is 2.79. The number of halogens is 2. The number of hydrogen-bond donors (Lipinski definition) is 1. The van der Waals surface area contributed by atoms with Crippen molar-refractivity contribution in [3.05, 3.63) is 26.2 Å². The van der Waals surface area contributed by atoms with Gasteiger partial charge in [0.25, 0.3) is 9.05 Å². The summed E-state index contributed by atoms with van der Waals surface area (Å²) < 4.78 is 21.9. The molecule has 0 aromatic carbocycles. The zero-order valence-corrected chi connectivity index (χ0v) is 9.27. The number of aromatic nitrogens is 1. The third kappa shape index (κ3) is 2.20. The molecule has 0 amide bonds.